The summed E-state index contributed by atoms with van der Waals surface area (Å²) in [4.78, 5) is 21.6. The Labute approximate surface area is 68.8 Å². The number of carbonyl (C=O) groups is 2. The summed E-state index contributed by atoms with van der Waals surface area (Å²) >= 11 is 0. The monoisotopic (exact) mass is 190 g/mol. The molecule has 6 heteroatoms. The molecule has 1 aliphatic carbocycles. The number of ketones is 2. The zero-order valence-electron chi connectivity index (χ0n) is 5.93. The van der Waals surface area contributed by atoms with E-state index < -0.39 is 26.9 Å². The molecule has 5 nitrogen and oxygen atoms in total. The Morgan fingerprint density at radius 1 is 1.42 bits per heavy atom. The van der Waals surface area contributed by atoms with Crippen LogP contribution in [0.5, 0.6) is 0 Å². The molecule has 66 valence electrons. The number of hydrogen-bond acceptors (Lipinski definition) is 4. The molecule has 12 heavy (non-hydrogen) atoms. The summed E-state index contributed by atoms with van der Waals surface area (Å²) in [7, 11) is -4.57. The van der Waals surface area contributed by atoms with Crippen LogP contribution in [-0.4, -0.2) is 29.8 Å². The van der Waals surface area contributed by atoms with Gasteiger partial charge in [0.25, 0.3) is 10.1 Å². The van der Waals surface area contributed by atoms with Gasteiger partial charge in [0.1, 0.15) is 0 Å². The average molecular weight is 190 g/mol. The van der Waals surface area contributed by atoms with Crippen LogP contribution in [0.15, 0.2) is 12.2 Å². The third-order valence-electron chi connectivity index (χ3n) is 1.45. The number of hydrogen-bond donors (Lipinski definition) is 1. The van der Waals surface area contributed by atoms with Crippen LogP contribution >= 0.6 is 0 Å². The highest BCUT2D eigenvalue weighted by molar-refractivity contribution is 7.88. The minimum Gasteiger partial charge on any atom is -0.297 e. The van der Waals surface area contributed by atoms with Crippen LogP contribution in [0.25, 0.3) is 0 Å². The molecule has 0 aliphatic heterocycles. The first-order chi connectivity index (χ1) is 5.43. The highest BCUT2D eigenvalue weighted by atomic mass is 32.2. The molecule has 1 N–H and O–H groups in total. The molecule has 1 unspecified atom stereocenters. The maximum Gasteiger partial charge on any atom is 0.282 e. The molecule has 0 bridgehead atoms. The standard InChI is InChI=1S/C6H6O5S/c7-4-2-1-3-5(8)6(4)12(9,10)11/h1-2,6H,3H2,(H,9,10,11). The molecule has 0 saturated carbocycles. The predicted octanol–water partition coefficient (Wildman–Crippen LogP) is -0.659. The zero-order chi connectivity index (χ0) is 9.35. The second-order valence-corrected chi connectivity index (χ2v) is 3.87. The van der Waals surface area contributed by atoms with E-state index in [1.807, 2.05) is 0 Å². The molecule has 0 aromatic heterocycles. The van der Waals surface area contributed by atoms with Crippen molar-refractivity contribution < 1.29 is 22.6 Å². The van der Waals surface area contributed by atoms with Gasteiger partial charge in [-0.15, -0.1) is 0 Å². The minimum atomic E-state index is -4.57. The van der Waals surface area contributed by atoms with Gasteiger partial charge in [0.15, 0.2) is 11.6 Å². The first-order valence-corrected chi connectivity index (χ1v) is 4.62. The first kappa shape index (κ1) is 9.08. The van der Waals surface area contributed by atoms with Crippen molar-refractivity contribution in [1.82, 2.24) is 0 Å². The second-order valence-electron chi connectivity index (χ2n) is 2.37. The quantitative estimate of drug-likeness (QED) is 0.438. The van der Waals surface area contributed by atoms with Crippen molar-refractivity contribution in [2.75, 3.05) is 0 Å². The van der Waals surface area contributed by atoms with E-state index in [9.17, 15) is 18.0 Å². The van der Waals surface area contributed by atoms with E-state index in [0.29, 0.717) is 0 Å². The lowest BCUT2D eigenvalue weighted by Gasteiger charge is -2.11. The van der Waals surface area contributed by atoms with Gasteiger partial charge >= 0.3 is 0 Å². The molecular weight excluding hydrogens is 184 g/mol. The molecule has 0 radical (unpaired) electrons. The molecule has 0 fully saturated rings. The fourth-order valence-electron chi connectivity index (χ4n) is 0.957. The lowest BCUT2D eigenvalue weighted by Crippen LogP contribution is -2.38. The van der Waals surface area contributed by atoms with Crippen molar-refractivity contribution in [3.05, 3.63) is 12.2 Å². The number of carbonyl (C=O) groups excluding carboxylic acids is 2. The Morgan fingerprint density at radius 3 is 2.33 bits per heavy atom. The van der Waals surface area contributed by atoms with Crippen molar-refractivity contribution in [3.63, 3.8) is 0 Å². The Morgan fingerprint density at radius 2 is 2.00 bits per heavy atom. The largest absolute Gasteiger partial charge is 0.297 e. The van der Waals surface area contributed by atoms with Crippen LogP contribution < -0.4 is 0 Å². The number of allylic oxidation sites excluding steroid dienone is 2. The smallest absolute Gasteiger partial charge is 0.282 e. The Hall–Kier alpha value is -1.01. The molecule has 0 spiro atoms. The molecule has 0 amide bonds. The molecule has 1 rings (SSSR count). The van der Waals surface area contributed by atoms with E-state index in [-0.39, 0.29) is 6.42 Å². The molecule has 1 atom stereocenters. The van der Waals surface area contributed by atoms with Gasteiger partial charge in [-0.05, 0) is 6.08 Å². The van der Waals surface area contributed by atoms with Crippen LogP contribution in [0.3, 0.4) is 0 Å². The third kappa shape index (κ3) is 1.59. The van der Waals surface area contributed by atoms with Gasteiger partial charge in [0.05, 0.1) is 0 Å². The van der Waals surface area contributed by atoms with Gasteiger partial charge in [-0.2, -0.15) is 8.42 Å². The molecule has 0 aromatic rings. The molecule has 0 saturated heterocycles. The van der Waals surface area contributed by atoms with Gasteiger partial charge in [-0.1, -0.05) is 6.08 Å². The van der Waals surface area contributed by atoms with Crippen molar-refractivity contribution in [1.29, 1.82) is 0 Å². The summed E-state index contributed by atoms with van der Waals surface area (Å²) in [6.45, 7) is 0. The molecule has 0 heterocycles. The molecule has 0 aromatic carbocycles. The van der Waals surface area contributed by atoms with Crippen LogP contribution in [0.2, 0.25) is 0 Å². The Balaban J connectivity index is 3.12. The lowest BCUT2D eigenvalue weighted by atomic mass is 10.1. The summed E-state index contributed by atoms with van der Waals surface area (Å²) < 4.78 is 29.5. The van der Waals surface area contributed by atoms with E-state index in [0.717, 1.165) is 6.08 Å². The normalized spacial score (nSPS) is 24.6. The molecule has 1 aliphatic rings. The summed E-state index contributed by atoms with van der Waals surface area (Å²) in [5.74, 6) is -1.67. The van der Waals surface area contributed by atoms with Crippen molar-refractivity contribution in [2.24, 2.45) is 0 Å². The Kier molecular flexibility index (Phi) is 2.12. The second kappa shape index (κ2) is 2.80. The SMILES string of the molecule is O=C1C=CCC(=O)C1S(=O)(=O)O. The van der Waals surface area contributed by atoms with Gasteiger partial charge < -0.3 is 0 Å². The summed E-state index contributed by atoms with van der Waals surface area (Å²) in [6.07, 6.45) is 2.13. The third-order valence-corrected chi connectivity index (χ3v) is 2.54. The van der Waals surface area contributed by atoms with Gasteiger partial charge in [0.2, 0.25) is 5.25 Å². The Bertz CT molecular complexity index is 350. The van der Waals surface area contributed by atoms with Crippen molar-refractivity contribution in [2.45, 2.75) is 11.7 Å². The topological polar surface area (TPSA) is 88.5 Å². The molecular formula is C6H6O5S. The van der Waals surface area contributed by atoms with E-state index in [2.05, 4.69) is 0 Å². The number of rotatable bonds is 1. The average Bonchev–Trinajstić information content (AvgIpc) is 1.82. The van der Waals surface area contributed by atoms with E-state index in [4.69, 9.17) is 4.55 Å². The number of Topliss-reactive ketones (excluding diaryl/α,β-unsaturated/α-hetero) is 1. The van der Waals surface area contributed by atoms with Gasteiger partial charge in [-0.25, -0.2) is 0 Å². The minimum absolute atomic E-state index is 0.129. The fourth-order valence-corrected chi connectivity index (χ4v) is 1.76. The van der Waals surface area contributed by atoms with Crippen molar-refractivity contribution >= 4 is 21.7 Å². The summed E-state index contributed by atoms with van der Waals surface area (Å²) in [5, 5.41) is -1.90. The van der Waals surface area contributed by atoms with E-state index >= 15 is 0 Å². The summed E-state index contributed by atoms with van der Waals surface area (Å²) in [5.41, 5.74) is 0. The predicted molar refractivity (Wildman–Crippen MR) is 39.1 cm³/mol. The van der Waals surface area contributed by atoms with Crippen LogP contribution in [0, 0.1) is 0 Å². The van der Waals surface area contributed by atoms with E-state index in [1.54, 1.807) is 0 Å². The highest BCUT2D eigenvalue weighted by Gasteiger charge is 2.37. The fraction of sp³-hybridized carbons (Fsp3) is 0.333. The zero-order valence-corrected chi connectivity index (χ0v) is 6.74. The lowest BCUT2D eigenvalue weighted by molar-refractivity contribution is -0.124. The maximum atomic E-state index is 10.8. The van der Waals surface area contributed by atoms with Gasteiger partial charge in [-0.3, -0.25) is 14.1 Å². The van der Waals surface area contributed by atoms with Crippen LogP contribution in [0.4, 0.5) is 0 Å². The maximum absolute atomic E-state index is 10.8. The van der Waals surface area contributed by atoms with Crippen LogP contribution in [0.1, 0.15) is 6.42 Å². The van der Waals surface area contributed by atoms with Gasteiger partial charge in [0, 0.05) is 6.42 Å². The van der Waals surface area contributed by atoms with E-state index in [1.165, 1.54) is 6.08 Å². The first-order valence-electron chi connectivity index (χ1n) is 3.12. The summed E-state index contributed by atoms with van der Waals surface area (Å²) in [6, 6.07) is 0. The van der Waals surface area contributed by atoms with Crippen molar-refractivity contribution in [3.8, 4) is 0 Å². The van der Waals surface area contributed by atoms with Crippen LogP contribution in [-0.2, 0) is 19.7 Å². The highest BCUT2D eigenvalue weighted by Crippen LogP contribution is 2.11.